The molecule has 0 saturated carbocycles. The number of nitrogen functional groups attached to an aromatic ring is 1. The van der Waals surface area contributed by atoms with Crippen LogP contribution in [0.5, 0.6) is 0 Å². The number of nitrogens with zero attached hydrogens (tertiary/aromatic N) is 4. The Morgan fingerprint density at radius 2 is 1.91 bits per heavy atom. The van der Waals surface area contributed by atoms with E-state index in [4.69, 9.17) is 5.73 Å². The van der Waals surface area contributed by atoms with Crippen LogP contribution in [0.25, 0.3) is 0 Å². The number of alkyl halides is 3. The van der Waals surface area contributed by atoms with E-state index in [0.29, 0.717) is 37.4 Å². The number of pyridine rings is 1. The molecule has 1 saturated heterocycles. The molecule has 1 atom stereocenters. The molecule has 3 N–H and O–H groups in total. The second-order valence-corrected chi connectivity index (χ2v) is 8.21. The second-order valence-electron chi connectivity index (χ2n) is 8.21. The molecule has 12 heteroatoms. The summed E-state index contributed by atoms with van der Waals surface area (Å²) in [6.45, 7) is 4.24. The molecule has 8 nitrogen and oxygen atoms in total. The average molecular weight is 501 g/mol. The van der Waals surface area contributed by atoms with Crippen molar-refractivity contribution in [2.45, 2.75) is 51.7 Å². The van der Waals surface area contributed by atoms with E-state index in [0.717, 1.165) is 12.8 Å². The van der Waals surface area contributed by atoms with Crippen molar-refractivity contribution in [1.29, 1.82) is 0 Å². The first-order valence-electron chi connectivity index (χ1n) is 10.8. The van der Waals surface area contributed by atoms with E-state index < -0.39 is 23.9 Å². The van der Waals surface area contributed by atoms with Crippen molar-refractivity contribution in [1.82, 2.24) is 25.2 Å². The molecule has 1 aliphatic rings. The topological polar surface area (TPSA) is 114 Å². The Morgan fingerprint density at radius 1 is 1.24 bits per heavy atom. The second kappa shape index (κ2) is 11.5. The number of rotatable bonds is 6. The number of hydrogen-bond donors (Lipinski definition) is 2. The summed E-state index contributed by atoms with van der Waals surface area (Å²) in [4.78, 5) is 37.6. The van der Waals surface area contributed by atoms with E-state index >= 15 is 0 Å². The van der Waals surface area contributed by atoms with Gasteiger partial charge >= 0.3 is 6.18 Å². The van der Waals surface area contributed by atoms with E-state index in [9.17, 15) is 22.8 Å². The zero-order chi connectivity index (χ0) is 24.2. The Morgan fingerprint density at radius 3 is 2.47 bits per heavy atom. The van der Waals surface area contributed by atoms with Gasteiger partial charge in [0.15, 0.2) is 0 Å². The highest BCUT2D eigenvalue weighted by Gasteiger charge is 2.36. The number of aromatic nitrogens is 3. The van der Waals surface area contributed by atoms with Crippen LogP contribution >= 0.6 is 12.4 Å². The smallest absolute Gasteiger partial charge is 0.383 e. The highest BCUT2D eigenvalue weighted by molar-refractivity contribution is 5.95. The Labute approximate surface area is 202 Å². The van der Waals surface area contributed by atoms with Crippen LogP contribution in [0.15, 0.2) is 24.4 Å². The van der Waals surface area contributed by atoms with Crippen LogP contribution in [-0.4, -0.2) is 50.8 Å². The molecule has 2 amide bonds. The zero-order valence-corrected chi connectivity index (χ0v) is 19.7. The van der Waals surface area contributed by atoms with E-state index in [1.165, 1.54) is 13.1 Å². The average Bonchev–Trinajstić information content (AvgIpc) is 2.78. The lowest BCUT2D eigenvalue weighted by Crippen LogP contribution is -2.49. The Hall–Kier alpha value is -2.95. The number of aryl methyl sites for hydroxylation is 1. The lowest BCUT2D eigenvalue weighted by atomic mass is 9.90. The third-order valence-corrected chi connectivity index (χ3v) is 5.84. The maximum atomic E-state index is 12.8. The minimum atomic E-state index is -4.63. The Balaban J connectivity index is 0.00000408. The molecule has 3 rings (SSSR count). The first kappa shape index (κ1) is 27.3. The molecule has 0 unspecified atom stereocenters. The summed E-state index contributed by atoms with van der Waals surface area (Å²) >= 11 is 0. The van der Waals surface area contributed by atoms with Gasteiger partial charge in [-0.25, -0.2) is 9.97 Å². The molecule has 0 aromatic carbocycles. The highest BCUT2D eigenvalue weighted by Crippen LogP contribution is 2.30. The third kappa shape index (κ3) is 6.78. The van der Waals surface area contributed by atoms with Crippen LogP contribution in [0.4, 0.5) is 19.0 Å². The van der Waals surface area contributed by atoms with Gasteiger partial charge in [0.1, 0.15) is 17.6 Å². The largest absolute Gasteiger partial charge is 0.451 e. The van der Waals surface area contributed by atoms with Crippen molar-refractivity contribution >= 4 is 30.0 Å². The van der Waals surface area contributed by atoms with Gasteiger partial charge in [0.2, 0.25) is 11.7 Å². The van der Waals surface area contributed by atoms with E-state index in [2.05, 4.69) is 20.3 Å². The van der Waals surface area contributed by atoms with Gasteiger partial charge < -0.3 is 16.0 Å². The van der Waals surface area contributed by atoms with Gasteiger partial charge in [0, 0.05) is 30.5 Å². The van der Waals surface area contributed by atoms with Crippen molar-refractivity contribution in [3.05, 3.63) is 47.2 Å². The monoisotopic (exact) mass is 500 g/mol. The first-order valence-corrected chi connectivity index (χ1v) is 10.8. The van der Waals surface area contributed by atoms with Gasteiger partial charge in [-0.05, 0) is 57.6 Å². The molecule has 34 heavy (non-hydrogen) atoms. The number of halogens is 4. The van der Waals surface area contributed by atoms with Crippen molar-refractivity contribution in [2.24, 2.45) is 5.92 Å². The Bertz CT molecular complexity index is 975. The minimum Gasteiger partial charge on any atom is -0.383 e. The molecule has 2 aromatic heterocycles. The normalized spacial score (nSPS) is 15.4. The molecular weight excluding hydrogens is 473 g/mol. The van der Waals surface area contributed by atoms with Crippen molar-refractivity contribution in [3.63, 3.8) is 0 Å². The number of likely N-dealkylation sites (tertiary alicyclic amines) is 1. The van der Waals surface area contributed by atoms with Gasteiger partial charge in [-0.2, -0.15) is 13.2 Å². The number of hydrogen-bond acceptors (Lipinski definition) is 6. The van der Waals surface area contributed by atoms with Gasteiger partial charge in [0.05, 0.1) is 0 Å². The minimum absolute atomic E-state index is 0. The van der Waals surface area contributed by atoms with Gasteiger partial charge in [0.25, 0.3) is 5.91 Å². The lowest BCUT2D eigenvalue weighted by Gasteiger charge is -2.33. The summed E-state index contributed by atoms with van der Waals surface area (Å²) in [5.41, 5.74) is 6.79. The summed E-state index contributed by atoms with van der Waals surface area (Å²) in [7, 11) is 0. The maximum absolute atomic E-state index is 12.8. The fraction of sp³-hybridized carbons (Fsp3) is 0.500. The predicted octanol–water partition coefficient (Wildman–Crippen LogP) is 3.19. The summed E-state index contributed by atoms with van der Waals surface area (Å²) < 4.78 is 38.5. The summed E-state index contributed by atoms with van der Waals surface area (Å²) in [5.74, 6) is -1.63. The summed E-state index contributed by atoms with van der Waals surface area (Å²) in [6.07, 6.45) is -0.415. The molecule has 0 aliphatic carbocycles. The van der Waals surface area contributed by atoms with Crippen LogP contribution in [0, 0.1) is 12.8 Å². The van der Waals surface area contributed by atoms with Gasteiger partial charge in [-0.15, -0.1) is 12.4 Å². The van der Waals surface area contributed by atoms with Crippen LogP contribution in [0.2, 0.25) is 0 Å². The van der Waals surface area contributed by atoms with Crippen molar-refractivity contribution < 1.29 is 22.8 Å². The predicted molar refractivity (Wildman–Crippen MR) is 122 cm³/mol. The SMILES string of the molecule is Cc1nc(C(F)(F)F)nc(N)c1CCC1CCN(C(=O)[C@H](C)NC(=O)c2ccccn2)CC1.Cl. The number of amides is 2. The number of nitrogens with two attached hydrogens (primary N) is 1. The molecule has 1 fully saturated rings. The molecule has 0 spiro atoms. The van der Waals surface area contributed by atoms with Crippen molar-refractivity contribution in [2.75, 3.05) is 18.8 Å². The maximum Gasteiger partial charge on any atom is 0.451 e. The number of anilines is 1. The summed E-state index contributed by atoms with van der Waals surface area (Å²) in [6, 6.07) is 4.30. The lowest BCUT2D eigenvalue weighted by molar-refractivity contribution is -0.145. The molecule has 2 aromatic rings. The Kier molecular flexibility index (Phi) is 9.20. The van der Waals surface area contributed by atoms with E-state index in [-0.39, 0.29) is 35.5 Å². The molecule has 1 aliphatic heterocycles. The standard InChI is InChI=1S/C22H27F3N6O2.ClH/c1-13-16(18(26)30-21(29-13)22(23,24)25)7-6-15-8-11-31(12-9-15)20(33)14(2)28-19(32)17-5-3-4-10-27-17;/h3-5,10,14-15H,6-9,11-12H2,1-2H3,(H,28,32)(H2,26,29,30);1H/t14-;/m0./s1. The van der Waals surface area contributed by atoms with Crippen LogP contribution in [0.1, 0.15) is 53.8 Å². The van der Waals surface area contributed by atoms with Crippen molar-refractivity contribution in [3.8, 4) is 0 Å². The van der Waals surface area contributed by atoms with Crippen LogP contribution < -0.4 is 11.1 Å². The molecule has 0 bridgehead atoms. The van der Waals surface area contributed by atoms with Crippen LogP contribution in [0.3, 0.4) is 0 Å². The van der Waals surface area contributed by atoms with Crippen LogP contribution in [-0.2, 0) is 17.4 Å². The fourth-order valence-corrected chi connectivity index (χ4v) is 3.95. The fourth-order valence-electron chi connectivity index (χ4n) is 3.95. The highest BCUT2D eigenvalue weighted by atomic mass is 35.5. The number of piperidine rings is 1. The number of carbonyl (C=O) groups excluding carboxylic acids is 2. The van der Waals surface area contributed by atoms with E-state index in [1.807, 2.05) is 0 Å². The first-order chi connectivity index (χ1) is 15.6. The molecule has 186 valence electrons. The third-order valence-electron chi connectivity index (χ3n) is 5.84. The molecule has 0 radical (unpaired) electrons. The van der Waals surface area contributed by atoms with Gasteiger partial charge in [-0.3, -0.25) is 14.6 Å². The molecular formula is C22H28ClF3N6O2. The summed E-state index contributed by atoms with van der Waals surface area (Å²) in [5, 5.41) is 2.68. The number of carbonyl (C=O) groups is 2. The van der Waals surface area contributed by atoms with Gasteiger partial charge in [-0.1, -0.05) is 6.07 Å². The molecule has 3 heterocycles. The quantitative estimate of drug-likeness (QED) is 0.629. The van der Waals surface area contributed by atoms with E-state index in [1.54, 1.807) is 30.0 Å². The number of nitrogens with one attached hydrogen (secondary N) is 1. The zero-order valence-electron chi connectivity index (χ0n) is 18.9.